The molecule has 2 amide bonds. The van der Waals surface area contributed by atoms with E-state index in [9.17, 15) is 22.8 Å². The van der Waals surface area contributed by atoms with Crippen LogP contribution in [0, 0.1) is 0 Å². The lowest BCUT2D eigenvalue weighted by atomic mass is 9.93. The highest BCUT2D eigenvalue weighted by Gasteiger charge is 2.32. The number of benzene rings is 2. The van der Waals surface area contributed by atoms with E-state index in [4.69, 9.17) is 0 Å². The number of alkyl halides is 3. The van der Waals surface area contributed by atoms with Crippen LogP contribution in [-0.4, -0.2) is 41.2 Å². The fraction of sp³-hybridized carbons (Fsp3) is 0.364. The predicted octanol–water partition coefficient (Wildman–Crippen LogP) is 4.31. The van der Waals surface area contributed by atoms with Gasteiger partial charge in [-0.25, -0.2) is 0 Å². The summed E-state index contributed by atoms with van der Waals surface area (Å²) in [7, 11) is 0. The largest absolute Gasteiger partial charge is 0.416 e. The van der Waals surface area contributed by atoms with Crippen molar-refractivity contribution in [3.8, 4) is 0 Å². The third kappa shape index (κ3) is 4.44. The van der Waals surface area contributed by atoms with Gasteiger partial charge in [-0.1, -0.05) is 30.3 Å². The Labute approximate surface area is 167 Å². The van der Waals surface area contributed by atoms with Crippen molar-refractivity contribution in [2.75, 3.05) is 19.6 Å². The van der Waals surface area contributed by atoms with Gasteiger partial charge in [0.25, 0.3) is 5.91 Å². The highest BCUT2D eigenvalue weighted by molar-refractivity contribution is 5.96. The number of hydrogen-bond acceptors (Lipinski definition) is 2. The first-order valence-corrected chi connectivity index (χ1v) is 9.56. The Morgan fingerprint density at radius 1 is 1.14 bits per heavy atom. The average molecular weight is 404 g/mol. The first-order chi connectivity index (χ1) is 13.7. The molecule has 0 radical (unpaired) electrons. The molecule has 2 aromatic rings. The van der Waals surface area contributed by atoms with E-state index in [1.54, 1.807) is 11.8 Å². The van der Waals surface area contributed by atoms with E-state index in [1.165, 1.54) is 22.6 Å². The van der Waals surface area contributed by atoms with Gasteiger partial charge in [-0.15, -0.1) is 0 Å². The molecule has 0 saturated carbocycles. The third-order valence-corrected chi connectivity index (χ3v) is 5.35. The molecule has 0 N–H and O–H groups in total. The van der Waals surface area contributed by atoms with Crippen LogP contribution in [0.4, 0.5) is 13.2 Å². The maximum Gasteiger partial charge on any atom is 0.416 e. The molecule has 1 aliphatic heterocycles. The van der Waals surface area contributed by atoms with Gasteiger partial charge in [-0.2, -0.15) is 13.2 Å². The molecule has 2 aromatic carbocycles. The van der Waals surface area contributed by atoms with Crippen LogP contribution in [-0.2, 0) is 17.4 Å². The van der Waals surface area contributed by atoms with E-state index in [0.29, 0.717) is 6.54 Å². The number of likely N-dealkylation sites (N-methyl/N-ethyl adjacent to an activating group) is 1. The number of fused-ring (bicyclic) bond motifs is 1. The Morgan fingerprint density at radius 2 is 1.86 bits per heavy atom. The van der Waals surface area contributed by atoms with Gasteiger partial charge in [0.2, 0.25) is 5.91 Å². The zero-order chi connectivity index (χ0) is 21.2. The van der Waals surface area contributed by atoms with Gasteiger partial charge in [-0.05, 0) is 49.6 Å². The van der Waals surface area contributed by atoms with Crippen molar-refractivity contribution in [3.63, 3.8) is 0 Å². The van der Waals surface area contributed by atoms with Crippen molar-refractivity contribution in [2.24, 2.45) is 0 Å². The van der Waals surface area contributed by atoms with Gasteiger partial charge >= 0.3 is 6.18 Å². The molecule has 0 fully saturated rings. The lowest BCUT2D eigenvalue weighted by Gasteiger charge is -2.36. The zero-order valence-electron chi connectivity index (χ0n) is 16.4. The van der Waals surface area contributed by atoms with Crippen LogP contribution in [0.3, 0.4) is 0 Å². The zero-order valence-corrected chi connectivity index (χ0v) is 16.4. The molecule has 1 atom stereocenters. The van der Waals surface area contributed by atoms with Gasteiger partial charge in [-0.3, -0.25) is 9.59 Å². The van der Waals surface area contributed by atoms with Crippen LogP contribution < -0.4 is 0 Å². The number of nitrogens with zero attached hydrogens (tertiary/aromatic N) is 2. The quantitative estimate of drug-likeness (QED) is 0.762. The average Bonchev–Trinajstić information content (AvgIpc) is 2.71. The summed E-state index contributed by atoms with van der Waals surface area (Å²) in [5, 5.41) is 0. The molecule has 3 rings (SSSR count). The number of hydrogen-bond donors (Lipinski definition) is 0. The monoisotopic (exact) mass is 404 g/mol. The molecule has 4 nitrogen and oxygen atoms in total. The fourth-order valence-electron chi connectivity index (χ4n) is 3.71. The summed E-state index contributed by atoms with van der Waals surface area (Å²) >= 11 is 0. The van der Waals surface area contributed by atoms with Gasteiger partial charge in [0.1, 0.15) is 6.54 Å². The van der Waals surface area contributed by atoms with E-state index in [1.807, 2.05) is 31.2 Å². The number of carbonyl (C=O) groups is 2. The minimum atomic E-state index is -4.53. The summed E-state index contributed by atoms with van der Waals surface area (Å²) in [5.74, 6) is -0.800. The highest BCUT2D eigenvalue weighted by atomic mass is 19.4. The Hall–Kier alpha value is -2.83. The van der Waals surface area contributed by atoms with E-state index >= 15 is 0 Å². The molecule has 1 heterocycles. The maximum absolute atomic E-state index is 12.9. The Bertz CT molecular complexity index is 911. The first kappa shape index (κ1) is 20.9. The van der Waals surface area contributed by atoms with Crippen molar-refractivity contribution >= 4 is 11.8 Å². The van der Waals surface area contributed by atoms with Crippen molar-refractivity contribution in [1.82, 2.24) is 9.80 Å². The number of carbonyl (C=O) groups excluding carboxylic acids is 2. The van der Waals surface area contributed by atoms with E-state index in [2.05, 4.69) is 0 Å². The highest BCUT2D eigenvalue weighted by Crippen LogP contribution is 2.31. The minimum absolute atomic E-state index is 0.0773. The number of amides is 2. The molecule has 0 spiro atoms. The molecule has 1 unspecified atom stereocenters. The SMILES string of the molecule is CCN(CC(=O)N1CCc2ccccc2C1C)C(=O)c1cccc(C(F)(F)F)c1. The van der Waals surface area contributed by atoms with Crippen LogP contribution in [0.25, 0.3) is 0 Å². The van der Waals surface area contributed by atoms with Crippen molar-refractivity contribution in [1.29, 1.82) is 0 Å². The van der Waals surface area contributed by atoms with Gasteiger partial charge in [0, 0.05) is 18.7 Å². The molecular formula is C22H23F3N2O2. The minimum Gasteiger partial charge on any atom is -0.334 e. The summed E-state index contributed by atoms with van der Waals surface area (Å²) in [4.78, 5) is 28.7. The molecule has 29 heavy (non-hydrogen) atoms. The Kier molecular flexibility index (Phi) is 5.96. The molecule has 7 heteroatoms. The molecule has 154 valence electrons. The van der Waals surface area contributed by atoms with E-state index < -0.39 is 17.6 Å². The lowest BCUT2D eigenvalue weighted by molar-refractivity contribution is -0.137. The van der Waals surface area contributed by atoms with Crippen LogP contribution in [0.15, 0.2) is 48.5 Å². The van der Waals surface area contributed by atoms with Gasteiger partial charge < -0.3 is 9.80 Å². The number of halogens is 3. The molecular weight excluding hydrogens is 381 g/mol. The normalized spacial score (nSPS) is 16.3. The summed E-state index contributed by atoms with van der Waals surface area (Å²) in [6.45, 7) is 4.25. The number of rotatable bonds is 4. The van der Waals surface area contributed by atoms with Crippen molar-refractivity contribution < 1.29 is 22.8 Å². The second-order valence-electron chi connectivity index (χ2n) is 7.11. The molecule has 0 saturated heterocycles. The first-order valence-electron chi connectivity index (χ1n) is 9.56. The Balaban J connectivity index is 1.75. The summed E-state index contributed by atoms with van der Waals surface area (Å²) < 4.78 is 38.8. The molecule has 1 aliphatic rings. The third-order valence-electron chi connectivity index (χ3n) is 5.35. The second kappa shape index (κ2) is 8.27. The topological polar surface area (TPSA) is 40.6 Å². The lowest BCUT2D eigenvalue weighted by Crippen LogP contribution is -2.46. The molecule has 0 bridgehead atoms. The Morgan fingerprint density at radius 3 is 2.55 bits per heavy atom. The van der Waals surface area contributed by atoms with Crippen molar-refractivity contribution in [3.05, 3.63) is 70.8 Å². The second-order valence-corrected chi connectivity index (χ2v) is 7.11. The summed E-state index contributed by atoms with van der Waals surface area (Å²) in [6, 6.07) is 12.1. The summed E-state index contributed by atoms with van der Waals surface area (Å²) in [6.07, 6.45) is -3.79. The van der Waals surface area contributed by atoms with Crippen LogP contribution in [0.1, 0.15) is 46.9 Å². The molecule has 0 aliphatic carbocycles. The van der Waals surface area contributed by atoms with E-state index in [-0.39, 0.29) is 30.6 Å². The van der Waals surface area contributed by atoms with Crippen LogP contribution >= 0.6 is 0 Å². The van der Waals surface area contributed by atoms with Gasteiger partial charge in [0.05, 0.1) is 11.6 Å². The summed E-state index contributed by atoms with van der Waals surface area (Å²) in [5.41, 5.74) is 1.33. The van der Waals surface area contributed by atoms with Crippen LogP contribution in [0.5, 0.6) is 0 Å². The van der Waals surface area contributed by atoms with E-state index in [0.717, 1.165) is 24.1 Å². The van der Waals surface area contributed by atoms with Gasteiger partial charge in [0.15, 0.2) is 0 Å². The van der Waals surface area contributed by atoms with Crippen LogP contribution in [0.2, 0.25) is 0 Å². The van der Waals surface area contributed by atoms with Crippen molar-refractivity contribution in [2.45, 2.75) is 32.5 Å². The fourth-order valence-corrected chi connectivity index (χ4v) is 3.71. The smallest absolute Gasteiger partial charge is 0.334 e. The standard InChI is InChI=1S/C22H23F3N2O2/c1-3-26(21(29)17-8-6-9-18(13-17)22(23,24)25)14-20(28)27-12-11-16-7-4-5-10-19(16)15(27)2/h4-10,13,15H,3,11-12,14H2,1-2H3. The maximum atomic E-state index is 12.9. The molecule has 0 aromatic heterocycles. The predicted molar refractivity (Wildman–Crippen MR) is 103 cm³/mol.